The summed E-state index contributed by atoms with van der Waals surface area (Å²) in [5, 5.41) is 0. The van der Waals surface area contributed by atoms with Crippen molar-refractivity contribution in [3.05, 3.63) is 119 Å². The number of likely N-dealkylation sites (N-methyl/N-ethyl adjacent to an activating group) is 1. The van der Waals surface area contributed by atoms with E-state index >= 15 is 0 Å². The van der Waals surface area contributed by atoms with Gasteiger partial charge in [-0.15, -0.1) is 0 Å². The summed E-state index contributed by atoms with van der Waals surface area (Å²) in [5.41, 5.74) is 6.34. The Morgan fingerprint density at radius 3 is 2.11 bits per heavy atom. The minimum atomic E-state index is -0.504. The number of carbonyl (C=O) groups excluding carboxylic acids is 2. The van der Waals surface area contributed by atoms with Gasteiger partial charge in [-0.3, -0.25) is 4.90 Å². The molecule has 0 N–H and O–H groups in total. The number of hydrogen-bond acceptors (Lipinski definition) is 5. The summed E-state index contributed by atoms with van der Waals surface area (Å²) in [5.74, 6) is -0.487. The monoisotopic (exact) mass is 475 g/mol. The van der Waals surface area contributed by atoms with E-state index in [0.717, 1.165) is 36.1 Å². The lowest BCUT2D eigenvalue weighted by atomic mass is 9.77. The maximum atomic E-state index is 13.2. The van der Waals surface area contributed by atoms with Gasteiger partial charge in [0, 0.05) is 18.2 Å². The number of ether oxygens (including phenoxy) is 2. The molecular weight excluding hydrogens is 450 g/mol. The van der Waals surface area contributed by atoms with Gasteiger partial charge in [0.05, 0.1) is 11.1 Å². The fourth-order valence-electron chi connectivity index (χ4n) is 5.29. The highest BCUT2D eigenvalue weighted by molar-refractivity contribution is 5.96. The van der Waals surface area contributed by atoms with E-state index in [1.807, 2.05) is 18.2 Å². The molecule has 4 aromatic rings. The first-order chi connectivity index (χ1) is 17.6. The first-order valence-corrected chi connectivity index (χ1v) is 12.1. The third kappa shape index (κ3) is 3.88. The lowest BCUT2D eigenvalue weighted by Gasteiger charge is -2.40. The average molecular weight is 476 g/mol. The molecule has 0 spiro atoms. The van der Waals surface area contributed by atoms with Gasteiger partial charge >= 0.3 is 11.9 Å². The van der Waals surface area contributed by atoms with Gasteiger partial charge in [0.25, 0.3) is 0 Å². The van der Waals surface area contributed by atoms with Crippen molar-refractivity contribution in [2.24, 2.45) is 0 Å². The normalized spacial score (nSPS) is 16.0. The lowest BCUT2D eigenvalue weighted by molar-refractivity contribution is 0.0683. The van der Waals surface area contributed by atoms with Crippen molar-refractivity contribution in [1.82, 2.24) is 4.90 Å². The van der Waals surface area contributed by atoms with Gasteiger partial charge in [0.2, 0.25) is 0 Å². The third-order valence-electron chi connectivity index (χ3n) is 7.10. The first-order valence-electron chi connectivity index (χ1n) is 12.1. The van der Waals surface area contributed by atoms with E-state index < -0.39 is 11.9 Å². The van der Waals surface area contributed by atoms with Gasteiger partial charge < -0.3 is 9.47 Å². The number of esters is 2. The molecule has 2 aliphatic rings. The van der Waals surface area contributed by atoms with Crippen LogP contribution in [0.5, 0.6) is 11.5 Å². The molecule has 0 bridgehead atoms. The molecule has 1 aliphatic heterocycles. The minimum absolute atomic E-state index is 0.229. The summed E-state index contributed by atoms with van der Waals surface area (Å²) in [6.07, 6.45) is 1.76. The molecule has 36 heavy (non-hydrogen) atoms. The van der Waals surface area contributed by atoms with E-state index in [1.54, 1.807) is 54.6 Å². The van der Waals surface area contributed by atoms with Crippen molar-refractivity contribution in [1.29, 1.82) is 0 Å². The van der Waals surface area contributed by atoms with Crippen molar-refractivity contribution in [2.75, 3.05) is 13.6 Å². The zero-order valence-corrected chi connectivity index (χ0v) is 19.9. The molecule has 0 radical (unpaired) electrons. The van der Waals surface area contributed by atoms with Crippen LogP contribution in [0, 0.1) is 0 Å². The Morgan fingerprint density at radius 1 is 0.750 bits per heavy atom. The average Bonchev–Trinajstić information content (AvgIpc) is 2.92. The molecule has 1 aliphatic carbocycles. The van der Waals surface area contributed by atoms with E-state index in [2.05, 4.69) is 30.1 Å². The number of carbonyl (C=O) groups is 2. The quantitative estimate of drug-likeness (QED) is 0.273. The molecule has 5 heteroatoms. The fourth-order valence-corrected chi connectivity index (χ4v) is 5.29. The van der Waals surface area contributed by atoms with Gasteiger partial charge in [-0.05, 0) is 72.5 Å². The van der Waals surface area contributed by atoms with E-state index in [4.69, 9.17) is 9.47 Å². The number of hydrogen-bond donors (Lipinski definition) is 0. The Balaban J connectivity index is 1.50. The Morgan fingerprint density at radius 2 is 1.42 bits per heavy atom. The predicted octanol–water partition coefficient (Wildman–Crippen LogP) is 5.88. The van der Waals surface area contributed by atoms with Crippen LogP contribution in [0.25, 0.3) is 11.1 Å². The maximum Gasteiger partial charge on any atom is 0.343 e. The molecule has 0 saturated heterocycles. The van der Waals surface area contributed by atoms with E-state index in [1.165, 1.54) is 11.1 Å². The van der Waals surface area contributed by atoms with Gasteiger partial charge in [-0.25, -0.2) is 9.59 Å². The molecule has 1 heterocycles. The predicted molar refractivity (Wildman–Crippen MR) is 137 cm³/mol. The van der Waals surface area contributed by atoms with Crippen molar-refractivity contribution >= 4 is 11.9 Å². The number of fused-ring (bicyclic) bond motifs is 2. The van der Waals surface area contributed by atoms with Crippen LogP contribution in [0.2, 0.25) is 0 Å². The molecule has 4 aromatic carbocycles. The van der Waals surface area contributed by atoms with Crippen LogP contribution >= 0.6 is 0 Å². The smallest absolute Gasteiger partial charge is 0.343 e. The Labute approximate surface area is 209 Å². The van der Waals surface area contributed by atoms with Crippen LogP contribution in [0.4, 0.5) is 0 Å². The Hall–Kier alpha value is -4.22. The molecule has 5 nitrogen and oxygen atoms in total. The van der Waals surface area contributed by atoms with Crippen LogP contribution in [0.15, 0.2) is 91.0 Å². The van der Waals surface area contributed by atoms with Crippen molar-refractivity contribution in [2.45, 2.75) is 18.9 Å². The molecule has 1 unspecified atom stereocenters. The molecule has 178 valence electrons. The zero-order valence-electron chi connectivity index (χ0n) is 19.9. The van der Waals surface area contributed by atoms with Crippen LogP contribution < -0.4 is 9.47 Å². The van der Waals surface area contributed by atoms with Crippen LogP contribution in [0.3, 0.4) is 0 Å². The summed E-state index contributed by atoms with van der Waals surface area (Å²) in [6, 6.07) is 28.0. The molecular formula is C31H25NO4. The number of nitrogens with zero attached hydrogens (tertiary/aromatic N) is 1. The zero-order chi connectivity index (χ0) is 24.6. The second kappa shape index (κ2) is 9.10. The Bertz CT molecular complexity index is 1460. The largest absolute Gasteiger partial charge is 0.419 e. The molecule has 0 saturated carbocycles. The maximum absolute atomic E-state index is 13.2. The Kier molecular flexibility index (Phi) is 5.62. The van der Waals surface area contributed by atoms with Gasteiger partial charge in [-0.1, -0.05) is 60.7 Å². The molecule has 0 amide bonds. The van der Waals surface area contributed by atoms with Crippen molar-refractivity contribution < 1.29 is 19.1 Å². The first kappa shape index (κ1) is 22.3. The molecule has 0 fully saturated rings. The highest BCUT2D eigenvalue weighted by atomic mass is 16.6. The van der Waals surface area contributed by atoms with E-state index in [9.17, 15) is 9.59 Å². The number of benzene rings is 4. The number of rotatable bonds is 4. The second-order valence-corrected chi connectivity index (χ2v) is 9.27. The van der Waals surface area contributed by atoms with Crippen LogP contribution in [0.1, 0.15) is 43.4 Å². The summed E-state index contributed by atoms with van der Waals surface area (Å²) >= 11 is 0. The molecule has 0 aromatic heterocycles. The van der Waals surface area contributed by atoms with E-state index in [-0.39, 0.29) is 17.5 Å². The minimum Gasteiger partial charge on any atom is -0.419 e. The highest BCUT2D eigenvalue weighted by Crippen LogP contribution is 2.51. The summed E-state index contributed by atoms with van der Waals surface area (Å²) in [4.78, 5) is 28.6. The van der Waals surface area contributed by atoms with Gasteiger partial charge in [-0.2, -0.15) is 0 Å². The van der Waals surface area contributed by atoms with Crippen LogP contribution in [-0.4, -0.2) is 30.4 Å². The van der Waals surface area contributed by atoms with Crippen molar-refractivity contribution in [3.8, 4) is 22.6 Å². The fraction of sp³-hybridized carbons (Fsp3) is 0.161. The lowest BCUT2D eigenvalue weighted by Crippen LogP contribution is -2.35. The SMILES string of the molecule is CN1CCc2cccc3c2C1Cc1ccc(OC(=O)c2ccccc2)c(OC(=O)c2ccccc2)c1-3. The standard InChI is InChI=1S/C31H25NO4/c1-32-18-17-20-13-8-14-24-27(20)25(32)19-23-15-16-26(35-30(33)21-9-4-2-5-10-21)29(28(23)24)36-31(34)22-11-6-3-7-12-22/h2-16,25H,17-19H2,1H3. The molecule has 6 rings (SSSR count). The van der Waals surface area contributed by atoms with Crippen LogP contribution in [-0.2, 0) is 12.8 Å². The topological polar surface area (TPSA) is 55.8 Å². The summed E-state index contributed by atoms with van der Waals surface area (Å²) < 4.78 is 11.9. The van der Waals surface area contributed by atoms with Crippen molar-refractivity contribution in [3.63, 3.8) is 0 Å². The second-order valence-electron chi connectivity index (χ2n) is 9.27. The summed E-state index contributed by atoms with van der Waals surface area (Å²) in [6.45, 7) is 0.999. The summed E-state index contributed by atoms with van der Waals surface area (Å²) in [7, 11) is 2.15. The van der Waals surface area contributed by atoms with Gasteiger partial charge in [0.1, 0.15) is 0 Å². The highest BCUT2D eigenvalue weighted by Gasteiger charge is 2.35. The molecule has 1 atom stereocenters. The van der Waals surface area contributed by atoms with E-state index in [0.29, 0.717) is 11.1 Å². The van der Waals surface area contributed by atoms with Gasteiger partial charge in [0.15, 0.2) is 11.5 Å². The third-order valence-corrected chi connectivity index (χ3v) is 7.10.